The van der Waals surface area contributed by atoms with Crippen LogP contribution in [0.1, 0.15) is 61.4 Å². The van der Waals surface area contributed by atoms with E-state index in [0.29, 0.717) is 49.7 Å². The van der Waals surface area contributed by atoms with Crippen LogP contribution in [0.3, 0.4) is 0 Å². The van der Waals surface area contributed by atoms with Gasteiger partial charge in [0.1, 0.15) is 24.2 Å². The molecular weight excluding hydrogens is 494 g/mol. The number of nitrogens with zero attached hydrogens (tertiary/aromatic N) is 3. The summed E-state index contributed by atoms with van der Waals surface area (Å²) in [5, 5.41) is 5.82. The second kappa shape index (κ2) is 12.8. The summed E-state index contributed by atoms with van der Waals surface area (Å²) in [6.07, 6.45) is 1.57. The number of rotatable bonds is 4. The Kier molecular flexibility index (Phi) is 9.22. The largest absolute Gasteiger partial charge is 0.491 e. The van der Waals surface area contributed by atoms with Crippen molar-refractivity contribution in [3.8, 4) is 5.75 Å². The van der Waals surface area contributed by atoms with Gasteiger partial charge in [0.2, 0.25) is 11.8 Å². The van der Waals surface area contributed by atoms with Crippen LogP contribution in [0.5, 0.6) is 5.75 Å². The number of fused-ring (bicyclic) bond motifs is 2. The van der Waals surface area contributed by atoms with E-state index in [1.54, 1.807) is 17.0 Å². The Hall–Kier alpha value is -3.88. The number of imidazole rings is 1. The molecule has 9 heteroatoms. The monoisotopic (exact) mass is 533 g/mol. The van der Waals surface area contributed by atoms with E-state index in [0.717, 1.165) is 28.8 Å². The van der Waals surface area contributed by atoms with Crippen molar-refractivity contribution >= 4 is 28.8 Å². The van der Waals surface area contributed by atoms with Gasteiger partial charge in [-0.2, -0.15) is 0 Å². The SMILES string of the molecule is Cc1ccc2c(c1)C(=O)NCCN(C(=O)C(C)n1c(CC(C)C)nc3ccccc31)CCCC(=O)NCCO2. The van der Waals surface area contributed by atoms with E-state index in [1.165, 1.54) is 0 Å². The van der Waals surface area contributed by atoms with Crippen LogP contribution in [0.15, 0.2) is 42.5 Å². The number of hydrogen-bond donors (Lipinski definition) is 2. The smallest absolute Gasteiger partial charge is 0.255 e. The van der Waals surface area contributed by atoms with Gasteiger partial charge in [-0.1, -0.05) is 37.6 Å². The zero-order chi connectivity index (χ0) is 27.9. The van der Waals surface area contributed by atoms with Crippen molar-refractivity contribution in [1.29, 1.82) is 0 Å². The van der Waals surface area contributed by atoms with Gasteiger partial charge in [-0.15, -0.1) is 0 Å². The maximum absolute atomic E-state index is 13.9. The van der Waals surface area contributed by atoms with E-state index in [4.69, 9.17) is 9.72 Å². The number of aryl methyl sites for hydroxylation is 1. The Morgan fingerprint density at radius 2 is 1.85 bits per heavy atom. The normalized spacial score (nSPS) is 16.5. The van der Waals surface area contributed by atoms with Crippen LogP contribution in [0, 0.1) is 12.8 Å². The highest BCUT2D eigenvalue weighted by Gasteiger charge is 2.26. The van der Waals surface area contributed by atoms with Gasteiger partial charge in [0.15, 0.2) is 0 Å². The quantitative estimate of drug-likeness (QED) is 0.533. The molecule has 0 radical (unpaired) electrons. The van der Waals surface area contributed by atoms with Crippen molar-refractivity contribution in [2.75, 3.05) is 32.8 Å². The summed E-state index contributed by atoms with van der Waals surface area (Å²) >= 11 is 0. The van der Waals surface area contributed by atoms with Crippen molar-refractivity contribution < 1.29 is 19.1 Å². The fourth-order valence-electron chi connectivity index (χ4n) is 4.96. The molecule has 39 heavy (non-hydrogen) atoms. The van der Waals surface area contributed by atoms with E-state index in [1.807, 2.05) is 48.7 Å². The van der Waals surface area contributed by atoms with Crippen molar-refractivity contribution in [2.24, 2.45) is 5.92 Å². The molecule has 3 aromatic rings. The lowest BCUT2D eigenvalue weighted by Crippen LogP contribution is -2.42. The molecule has 9 nitrogen and oxygen atoms in total. The molecule has 2 aromatic carbocycles. The number of carbonyl (C=O) groups excluding carboxylic acids is 3. The molecular formula is C30H39N5O4. The summed E-state index contributed by atoms with van der Waals surface area (Å²) in [5.41, 5.74) is 3.16. The first kappa shape index (κ1) is 28.1. The fourth-order valence-corrected chi connectivity index (χ4v) is 4.96. The minimum Gasteiger partial charge on any atom is -0.491 e. The second-order valence-electron chi connectivity index (χ2n) is 10.5. The molecule has 4 rings (SSSR count). The standard InChI is InChI=1S/C30H39N5O4/c1-20(2)18-27-33-24-8-5-6-9-25(24)35(27)22(4)30(38)34-15-7-10-28(36)31-14-17-39-26-12-11-21(3)19-23(26)29(37)32-13-16-34/h5-6,8-9,11-12,19-20,22H,7,10,13-18H2,1-4H3,(H,31,36)(H,32,37). The van der Waals surface area contributed by atoms with Gasteiger partial charge >= 0.3 is 0 Å². The zero-order valence-corrected chi connectivity index (χ0v) is 23.3. The lowest BCUT2D eigenvalue weighted by atomic mass is 10.1. The van der Waals surface area contributed by atoms with E-state index >= 15 is 0 Å². The maximum Gasteiger partial charge on any atom is 0.255 e. The first-order chi connectivity index (χ1) is 18.7. The van der Waals surface area contributed by atoms with Crippen LogP contribution in [0.4, 0.5) is 0 Å². The van der Waals surface area contributed by atoms with Gasteiger partial charge < -0.3 is 24.8 Å². The molecule has 1 aliphatic rings. The van der Waals surface area contributed by atoms with Gasteiger partial charge in [0.05, 0.1) is 23.1 Å². The van der Waals surface area contributed by atoms with E-state index in [9.17, 15) is 14.4 Å². The summed E-state index contributed by atoms with van der Waals surface area (Å²) in [6, 6.07) is 12.8. The molecule has 0 saturated carbocycles. The van der Waals surface area contributed by atoms with Gasteiger partial charge in [0, 0.05) is 32.5 Å². The minimum absolute atomic E-state index is 0.0679. The topological polar surface area (TPSA) is 106 Å². The average molecular weight is 534 g/mol. The highest BCUT2D eigenvalue weighted by atomic mass is 16.5. The predicted octanol–water partition coefficient (Wildman–Crippen LogP) is 3.65. The number of para-hydroxylation sites is 2. The Labute approximate surface area is 229 Å². The third-order valence-corrected chi connectivity index (χ3v) is 6.88. The molecule has 0 aliphatic carbocycles. The average Bonchev–Trinajstić information content (AvgIpc) is 3.26. The number of nitrogens with one attached hydrogen (secondary N) is 2. The molecule has 1 aliphatic heterocycles. The van der Waals surface area contributed by atoms with Gasteiger partial charge in [-0.3, -0.25) is 14.4 Å². The van der Waals surface area contributed by atoms with Gasteiger partial charge in [-0.25, -0.2) is 4.98 Å². The van der Waals surface area contributed by atoms with Gasteiger partial charge in [0.25, 0.3) is 5.91 Å². The molecule has 0 spiro atoms. The van der Waals surface area contributed by atoms with Gasteiger partial charge in [-0.05, 0) is 50.5 Å². The summed E-state index contributed by atoms with van der Waals surface area (Å²) in [6.45, 7) is 9.69. The van der Waals surface area contributed by atoms with Crippen molar-refractivity contribution in [3.63, 3.8) is 0 Å². The Balaban J connectivity index is 1.58. The highest BCUT2D eigenvalue weighted by molar-refractivity contribution is 5.97. The number of carbonyl (C=O) groups is 3. The van der Waals surface area contributed by atoms with Crippen LogP contribution in [-0.2, 0) is 16.0 Å². The number of hydrogen-bond acceptors (Lipinski definition) is 5. The highest BCUT2D eigenvalue weighted by Crippen LogP contribution is 2.25. The Morgan fingerprint density at radius 3 is 2.64 bits per heavy atom. The van der Waals surface area contributed by atoms with E-state index in [2.05, 4.69) is 24.5 Å². The summed E-state index contributed by atoms with van der Waals surface area (Å²) in [7, 11) is 0. The first-order valence-electron chi connectivity index (χ1n) is 13.8. The van der Waals surface area contributed by atoms with E-state index < -0.39 is 6.04 Å². The summed E-state index contributed by atoms with van der Waals surface area (Å²) < 4.78 is 7.83. The Morgan fingerprint density at radius 1 is 1.05 bits per heavy atom. The predicted molar refractivity (Wildman–Crippen MR) is 151 cm³/mol. The molecule has 1 unspecified atom stereocenters. The summed E-state index contributed by atoms with van der Waals surface area (Å²) in [4.78, 5) is 46.0. The van der Waals surface area contributed by atoms with Crippen LogP contribution in [0.2, 0.25) is 0 Å². The number of ether oxygens (including phenoxy) is 1. The lowest BCUT2D eigenvalue weighted by Gasteiger charge is -2.28. The molecule has 208 valence electrons. The first-order valence-corrected chi connectivity index (χ1v) is 13.8. The molecule has 0 bridgehead atoms. The number of benzene rings is 2. The maximum atomic E-state index is 13.9. The number of aromatic nitrogens is 2. The zero-order valence-electron chi connectivity index (χ0n) is 23.3. The van der Waals surface area contributed by atoms with Crippen molar-refractivity contribution in [2.45, 2.75) is 53.0 Å². The number of amides is 3. The van der Waals surface area contributed by atoms with Crippen molar-refractivity contribution in [1.82, 2.24) is 25.1 Å². The molecule has 0 saturated heterocycles. The molecule has 1 aromatic heterocycles. The fraction of sp³-hybridized carbons (Fsp3) is 0.467. The van der Waals surface area contributed by atoms with Crippen LogP contribution in [-0.4, -0.2) is 65.0 Å². The van der Waals surface area contributed by atoms with Crippen LogP contribution >= 0.6 is 0 Å². The summed E-state index contributed by atoms with van der Waals surface area (Å²) in [5.74, 6) is 1.31. The minimum atomic E-state index is -0.491. The molecule has 2 N–H and O–H groups in total. The molecule has 0 fully saturated rings. The lowest BCUT2D eigenvalue weighted by molar-refractivity contribution is -0.134. The van der Waals surface area contributed by atoms with E-state index in [-0.39, 0.29) is 30.9 Å². The van der Waals surface area contributed by atoms with Crippen LogP contribution in [0.25, 0.3) is 11.0 Å². The second-order valence-corrected chi connectivity index (χ2v) is 10.5. The van der Waals surface area contributed by atoms with Crippen LogP contribution < -0.4 is 15.4 Å². The third kappa shape index (κ3) is 6.96. The third-order valence-electron chi connectivity index (χ3n) is 6.88. The molecule has 2 heterocycles. The molecule has 3 amide bonds. The van der Waals surface area contributed by atoms with Crippen molar-refractivity contribution in [3.05, 3.63) is 59.4 Å². The Bertz CT molecular complexity index is 1330. The molecule has 1 atom stereocenters.